The van der Waals surface area contributed by atoms with Crippen LogP contribution in [0.15, 0.2) is 0 Å². The van der Waals surface area contributed by atoms with Gasteiger partial charge in [-0.3, -0.25) is 0 Å². The predicted molar refractivity (Wildman–Crippen MR) is 127 cm³/mol. The predicted octanol–water partition coefficient (Wildman–Crippen LogP) is 4.38. The van der Waals surface area contributed by atoms with Gasteiger partial charge in [0.25, 0.3) is 0 Å². The summed E-state index contributed by atoms with van der Waals surface area (Å²) in [5.41, 5.74) is 5.54. The fourth-order valence-corrected chi connectivity index (χ4v) is 6.95. The molecule has 0 aliphatic rings. The average Bonchev–Trinajstić information content (AvgIpc) is 2.70. The first-order valence-corrected chi connectivity index (χ1v) is 15.7. The molecule has 0 rings (SSSR count). The van der Waals surface area contributed by atoms with E-state index in [1.54, 1.807) is 0 Å². The summed E-state index contributed by atoms with van der Waals surface area (Å²) in [5, 5.41) is 0. The van der Waals surface area contributed by atoms with Crippen molar-refractivity contribution in [3.8, 4) is 0 Å². The largest absolute Gasteiger partial charge is 0.501 e. The molecule has 0 atom stereocenters. The monoisotopic (exact) mass is 434 g/mol. The van der Waals surface area contributed by atoms with Crippen molar-refractivity contribution in [2.45, 2.75) is 103 Å². The summed E-state index contributed by atoms with van der Waals surface area (Å²) in [4.78, 5) is 3.72. The normalized spacial score (nSPS) is 12.4. The van der Waals surface area contributed by atoms with Gasteiger partial charge < -0.3 is 24.0 Å². The number of hydrogen-bond acceptors (Lipinski definition) is 5. The highest BCUT2D eigenvalue weighted by atomic mass is 28.4. The van der Waals surface area contributed by atoms with Gasteiger partial charge in [-0.15, -0.1) is 0 Å². The maximum Gasteiger partial charge on any atom is 0.501 e. The molecule has 170 valence electrons. The molecule has 0 saturated carbocycles. The van der Waals surface area contributed by atoms with E-state index in [1.165, 1.54) is 31.7 Å². The summed E-state index contributed by atoms with van der Waals surface area (Å²) in [6, 6.07) is 2.34. The zero-order chi connectivity index (χ0) is 20.8. The van der Waals surface area contributed by atoms with Crippen LogP contribution in [0.5, 0.6) is 0 Å². The molecule has 0 aromatic carbocycles. The quantitative estimate of drug-likeness (QED) is 0.185. The summed E-state index contributed by atoms with van der Waals surface area (Å²) in [7, 11) is -2.67. The Kier molecular flexibility index (Phi) is 22.1. The number of unbranched alkanes of at least 4 members (excludes halogenated alkanes) is 6. The van der Waals surface area contributed by atoms with Gasteiger partial charge in [0.05, 0.1) is 9.68 Å². The molecule has 0 saturated heterocycles. The van der Waals surface area contributed by atoms with Gasteiger partial charge in [-0.25, -0.2) is 0 Å². The van der Waals surface area contributed by atoms with E-state index >= 15 is 0 Å². The third-order valence-corrected chi connectivity index (χ3v) is 9.31. The van der Waals surface area contributed by atoms with Crippen LogP contribution in [-0.2, 0) is 13.3 Å². The molecule has 0 unspecified atom stereocenters. The smallest absolute Gasteiger partial charge is 0.373 e. The lowest BCUT2D eigenvalue weighted by atomic mass is 10.2. The van der Waals surface area contributed by atoms with Gasteiger partial charge in [0.15, 0.2) is 0 Å². The van der Waals surface area contributed by atoms with Crippen LogP contribution < -0.4 is 10.7 Å². The Hall–Kier alpha value is 0.234. The molecule has 28 heavy (non-hydrogen) atoms. The Bertz CT molecular complexity index is 287. The Morgan fingerprint density at radius 2 is 1.25 bits per heavy atom. The minimum Gasteiger partial charge on any atom is -0.373 e. The Balaban J connectivity index is 4.26. The van der Waals surface area contributed by atoms with Gasteiger partial charge in [-0.05, 0) is 51.2 Å². The SMILES string of the molecule is CCCCO[Si](CCCN[SiH2]CCCCCCN)(OCCCC)OCCCC. The molecule has 7 heteroatoms. The second-order valence-electron chi connectivity index (χ2n) is 7.70. The van der Waals surface area contributed by atoms with Crippen molar-refractivity contribution in [1.82, 2.24) is 4.98 Å². The third kappa shape index (κ3) is 17.1. The molecule has 0 aliphatic carbocycles. The fraction of sp³-hybridized carbons (Fsp3) is 1.00. The van der Waals surface area contributed by atoms with Crippen LogP contribution in [0.25, 0.3) is 0 Å². The average molecular weight is 435 g/mol. The van der Waals surface area contributed by atoms with Crippen molar-refractivity contribution in [3.05, 3.63) is 0 Å². The van der Waals surface area contributed by atoms with Gasteiger partial charge >= 0.3 is 8.80 Å². The van der Waals surface area contributed by atoms with Crippen LogP contribution in [0.1, 0.15) is 91.4 Å². The summed E-state index contributed by atoms with van der Waals surface area (Å²) >= 11 is 0. The molecular formula is C21H50N2O3Si2. The number of rotatable bonds is 23. The van der Waals surface area contributed by atoms with Crippen molar-refractivity contribution in [3.63, 3.8) is 0 Å². The lowest BCUT2D eigenvalue weighted by Crippen LogP contribution is -2.47. The van der Waals surface area contributed by atoms with Gasteiger partial charge in [0.1, 0.15) is 0 Å². The minimum atomic E-state index is -2.53. The van der Waals surface area contributed by atoms with Gasteiger partial charge in [0.2, 0.25) is 0 Å². The van der Waals surface area contributed by atoms with Gasteiger partial charge in [-0.2, -0.15) is 0 Å². The first-order chi connectivity index (χ1) is 13.7. The molecule has 3 N–H and O–H groups in total. The summed E-state index contributed by atoms with van der Waals surface area (Å²) in [6.45, 7) is 10.8. The maximum atomic E-state index is 6.31. The molecule has 0 aromatic rings. The highest BCUT2D eigenvalue weighted by Gasteiger charge is 2.40. The van der Waals surface area contributed by atoms with Crippen LogP contribution in [-0.4, -0.2) is 51.4 Å². The molecule has 0 aromatic heterocycles. The molecule has 0 spiro atoms. The second-order valence-corrected chi connectivity index (χ2v) is 12.1. The highest BCUT2D eigenvalue weighted by molar-refractivity contribution is 6.60. The van der Waals surface area contributed by atoms with Crippen LogP contribution in [0.4, 0.5) is 0 Å². The lowest BCUT2D eigenvalue weighted by Gasteiger charge is -2.30. The molecule has 0 heterocycles. The molecule has 0 aliphatic heterocycles. The molecule has 0 amide bonds. The van der Waals surface area contributed by atoms with Crippen molar-refractivity contribution >= 4 is 18.5 Å². The summed E-state index contributed by atoms with van der Waals surface area (Å²) in [5.74, 6) is 0. The van der Waals surface area contributed by atoms with E-state index in [1.807, 2.05) is 0 Å². The number of nitrogens with one attached hydrogen (secondary N) is 1. The summed E-state index contributed by atoms with van der Waals surface area (Å²) < 4.78 is 18.9. The maximum absolute atomic E-state index is 6.31. The van der Waals surface area contributed by atoms with E-state index in [0.717, 1.165) is 83.9 Å². The second kappa shape index (κ2) is 21.9. The first kappa shape index (κ1) is 28.2. The van der Waals surface area contributed by atoms with Crippen molar-refractivity contribution in [2.24, 2.45) is 5.73 Å². The standard InChI is InChI=1S/C21H50N2O3Si2/c1-4-7-17-24-28(25-18-8-5-2,26-19-9-6-3)21-14-16-23-27-20-13-11-10-12-15-22/h23H,4-22,27H2,1-3H3. The van der Waals surface area contributed by atoms with Gasteiger partial charge in [0, 0.05) is 25.9 Å². The van der Waals surface area contributed by atoms with E-state index in [0.29, 0.717) is 0 Å². The molecule has 5 nitrogen and oxygen atoms in total. The first-order valence-electron chi connectivity index (χ1n) is 12.1. The minimum absolute atomic E-state index is 0.134. The topological polar surface area (TPSA) is 65.7 Å². The van der Waals surface area contributed by atoms with Crippen molar-refractivity contribution < 1.29 is 13.3 Å². The Labute approximate surface area is 179 Å². The lowest BCUT2D eigenvalue weighted by molar-refractivity contribution is 0.0559. The Morgan fingerprint density at radius 1 is 0.714 bits per heavy atom. The van der Waals surface area contributed by atoms with Crippen LogP contribution in [0.2, 0.25) is 12.1 Å². The summed E-state index contributed by atoms with van der Waals surface area (Å²) in [6.07, 6.45) is 12.9. The Morgan fingerprint density at radius 3 is 1.75 bits per heavy atom. The fourth-order valence-electron chi connectivity index (χ4n) is 2.94. The van der Waals surface area contributed by atoms with Crippen molar-refractivity contribution in [2.75, 3.05) is 32.9 Å². The highest BCUT2D eigenvalue weighted by Crippen LogP contribution is 2.20. The van der Waals surface area contributed by atoms with E-state index < -0.39 is 8.80 Å². The molecule has 0 bridgehead atoms. The van der Waals surface area contributed by atoms with Crippen LogP contribution in [0, 0.1) is 0 Å². The van der Waals surface area contributed by atoms with Crippen molar-refractivity contribution in [1.29, 1.82) is 0 Å². The number of hydrogen-bond donors (Lipinski definition) is 2. The molecule has 0 radical (unpaired) electrons. The van der Waals surface area contributed by atoms with E-state index in [9.17, 15) is 0 Å². The zero-order valence-electron chi connectivity index (χ0n) is 19.2. The third-order valence-electron chi connectivity index (χ3n) is 4.85. The van der Waals surface area contributed by atoms with Crippen LogP contribution >= 0.6 is 0 Å². The molecular weight excluding hydrogens is 384 g/mol. The van der Waals surface area contributed by atoms with E-state index in [4.69, 9.17) is 19.0 Å². The van der Waals surface area contributed by atoms with E-state index in [-0.39, 0.29) is 9.68 Å². The number of nitrogens with two attached hydrogens (primary N) is 1. The van der Waals surface area contributed by atoms with E-state index in [2.05, 4.69) is 25.8 Å². The van der Waals surface area contributed by atoms with Gasteiger partial charge in [-0.1, -0.05) is 59.3 Å². The van der Waals surface area contributed by atoms with Crippen LogP contribution in [0.3, 0.4) is 0 Å². The zero-order valence-corrected chi connectivity index (χ0v) is 21.7. The molecule has 0 fully saturated rings.